The van der Waals surface area contributed by atoms with Crippen molar-refractivity contribution in [1.82, 2.24) is 0 Å². The third-order valence-electron chi connectivity index (χ3n) is 6.62. The standard InChI is InChI=1S/C26H17FN2O2/c1-28-15-5-2-7-17-23(15)26-24-16(28)6-3-9-21(24)31-22-10-4-8-18(25(22)26)29(17)19-13-14(27)11-12-20(19)30/h2-13,26,30H,1H3. The maximum Gasteiger partial charge on any atom is 0.139 e. The van der Waals surface area contributed by atoms with Gasteiger partial charge in [0.2, 0.25) is 0 Å². The van der Waals surface area contributed by atoms with Crippen LogP contribution in [0.4, 0.5) is 32.8 Å². The summed E-state index contributed by atoms with van der Waals surface area (Å²) in [5.74, 6) is 1.29. The fraction of sp³-hybridized carbons (Fsp3) is 0.0769. The topological polar surface area (TPSA) is 35.9 Å². The molecule has 0 aliphatic carbocycles. The van der Waals surface area contributed by atoms with Crippen molar-refractivity contribution in [3.63, 3.8) is 0 Å². The third kappa shape index (κ3) is 1.98. The van der Waals surface area contributed by atoms with Gasteiger partial charge in [-0.3, -0.25) is 0 Å². The Labute approximate surface area is 178 Å². The number of hydrogen-bond donors (Lipinski definition) is 1. The SMILES string of the molecule is CN1c2cccc3c2C2c4c(cccc4N(c4cc(F)ccc4O)c4cccc1c42)O3. The lowest BCUT2D eigenvalue weighted by molar-refractivity contribution is 0.451. The van der Waals surface area contributed by atoms with Gasteiger partial charge in [0.15, 0.2) is 0 Å². The van der Waals surface area contributed by atoms with Crippen molar-refractivity contribution in [3.8, 4) is 17.2 Å². The molecule has 3 aliphatic heterocycles. The van der Waals surface area contributed by atoms with Gasteiger partial charge in [0.05, 0.1) is 17.1 Å². The highest BCUT2D eigenvalue weighted by molar-refractivity contribution is 5.96. The van der Waals surface area contributed by atoms with Gasteiger partial charge in [-0.2, -0.15) is 0 Å². The van der Waals surface area contributed by atoms with Gasteiger partial charge in [0.1, 0.15) is 23.1 Å². The number of phenols is 1. The van der Waals surface area contributed by atoms with E-state index in [1.54, 1.807) is 0 Å². The minimum atomic E-state index is -0.398. The van der Waals surface area contributed by atoms with Gasteiger partial charge in [-0.1, -0.05) is 18.2 Å². The molecule has 0 saturated carbocycles. The van der Waals surface area contributed by atoms with Gasteiger partial charge in [-0.15, -0.1) is 0 Å². The highest BCUT2D eigenvalue weighted by Gasteiger charge is 2.45. The third-order valence-corrected chi connectivity index (χ3v) is 6.62. The first-order chi connectivity index (χ1) is 15.1. The van der Waals surface area contributed by atoms with Crippen molar-refractivity contribution < 1.29 is 14.2 Å². The zero-order valence-corrected chi connectivity index (χ0v) is 16.6. The molecule has 4 aromatic carbocycles. The van der Waals surface area contributed by atoms with Crippen molar-refractivity contribution in [2.75, 3.05) is 16.8 Å². The number of rotatable bonds is 1. The van der Waals surface area contributed by atoms with Crippen LogP contribution in [-0.2, 0) is 0 Å². The molecule has 0 aromatic heterocycles. The fourth-order valence-corrected chi connectivity index (χ4v) is 5.38. The summed E-state index contributed by atoms with van der Waals surface area (Å²) in [7, 11) is 2.06. The van der Waals surface area contributed by atoms with E-state index in [-0.39, 0.29) is 11.7 Å². The van der Waals surface area contributed by atoms with E-state index < -0.39 is 5.82 Å². The lowest BCUT2D eigenvalue weighted by Gasteiger charge is -2.46. The summed E-state index contributed by atoms with van der Waals surface area (Å²) in [4.78, 5) is 4.13. The summed E-state index contributed by atoms with van der Waals surface area (Å²) in [5.41, 5.74) is 7.77. The number of hydrogen-bond acceptors (Lipinski definition) is 4. The van der Waals surface area contributed by atoms with Crippen molar-refractivity contribution in [3.05, 3.63) is 95.3 Å². The molecule has 0 saturated heterocycles. The highest BCUT2D eigenvalue weighted by atomic mass is 19.1. The Morgan fingerprint density at radius 1 is 0.742 bits per heavy atom. The number of halogens is 1. The Morgan fingerprint density at radius 2 is 1.32 bits per heavy atom. The molecule has 7 rings (SSSR count). The van der Waals surface area contributed by atoms with Crippen LogP contribution in [0.1, 0.15) is 22.6 Å². The molecule has 0 bridgehead atoms. The maximum absolute atomic E-state index is 14.3. The van der Waals surface area contributed by atoms with E-state index in [2.05, 4.69) is 24.1 Å². The second kappa shape index (κ2) is 5.58. The molecule has 31 heavy (non-hydrogen) atoms. The Bertz CT molecular complexity index is 1430. The highest BCUT2D eigenvalue weighted by Crippen LogP contribution is 2.64. The van der Waals surface area contributed by atoms with Crippen LogP contribution in [0.2, 0.25) is 0 Å². The average Bonchev–Trinajstić information content (AvgIpc) is 2.79. The van der Waals surface area contributed by atoms with Gasteiger partial charge >= 0.3 is 0 Å². The second-order valence-corrected chi connectivity index (χ2v) is 8.15. The summed E-state index contributed by atoms with van der Waals surface area (Å²) in [6, 6.07) is 22.3. The molecule has 0 fully saturated rings. The summed E-state index contributed by atoms with van der Waals surface area (Å²) < 4.78 is 20.6. The first-order valence-electron chi connectivity index (χ1n) is 10.2. The minimum absolute atomic E-state index is 0.0144. The van der Waals surface area contributed by atoms with Crippen LogP contribution in [0.25, 0.3) is 0 Å². The molecule has 1 N–H and O–H groups in total. The summed E-state index contributed by atoms with van der Waals surface area (Å²) in [5, 5.41) is 10.7. The number of phenolic OH excluding ortho intramolecular Hbond substituents is 1. The van der Waals surface area contributed by atoms with Gasteiger partial charge in [0.25, 0.3) is 0 Å². The Morgan fingerprint density at radius 3 is 2.06 bits per heavy atom. The van der Waals surface area contributed by atoms with Gasteiger partial charge in [-0.25, -0.2) is 4.39 Å². The molecular formula is C26H17FN2O2. The average molecular weight is 408 g/mol. The zero-order chi connectivity index (χ0) is 20.9. The summed E-state index contributed by atoms with van der Waals surface area (Å²) in [6.07, 6.45) is 0. The van der Waals surface area contributed by atoms with Gasteiger partial charge in [-0.05, 0) is 48.5 Å². The van der Waals surface area contributed by atoms with E-state index in [1.165, 1.54) is 18.2 Å². The first kappa shape index (κ1) is 16.8. The fourth-order valence-electron chi connectivity index (χ4n) is 5.38. The molecule has 3 aliphatic rings. The quantitative estimate of drug-likeness (QED) is 0.329. The molecule has 3 heterocycles. The Balaban J connectivity index is 1.63. The molecule has 0 amide bonds. The second-order valence-electron chi connectivity index (χ2n) is 8.15. The smallest absolute Gasteiger partial charge is 0.139 e. The van der Waals surface area contributed by atoms with E-state index in [0.717, 1.165) is 50.9 Å². The van der Waals surface area contributed by atoms with Crippen molar-refractivity contribution in [1.29, 1.82) is 0 Å². The molecule has 1 unspecified atom stereocenters. The molecular weight excluding hydrogens is 391 g/mol. The van der Waals surface area contributed by atoms with E-state index in [1.807, 2.05) is 47.4 Å². The van der Waals surface area contributed by atoms with Gasteiger partial charge < -0.3 is 19.6 Å². The van der Waals surface area contributed by atoms with Crippen LogP contribution < -0.4 is 14.5 Å². The molecule has 5 heteroatoms. The monoisotopic (exact) mass is 408 g/mol. The number of nitrogens with zero attached hydrogens (tertiary/aromatic N) is 2. The van der Waals surface area contributed by atoms with Crippen LogP contribution in [-0.4, -0.2) is 12.2 Å². The van der Waals surface area contributed by atoms with E-state index in [4.69, 9.17) is 4.74 Å². The Kier molecular flexibility index (Phi) is 3.02. The van der Waals surface area contributed by atoms with Crippen molar-refractivity contribution in [2.24, 2.45) is 0 Å². The van der Waals surface area contributed by atoms with E-state index in [9.17, 15) is 9.50 Å². The summed E-state index contributed by atoms with van der Waals surface area (Å²) in [6.45, 7) is 0. The number of aromatic hydroxyl groups is 1. The van der Waals surface area contributed by atoms with E-state index >= 15 is 0 Å². The first-order valence-corrected chi connectivity index (χ1v) is 10.2. The summed E-state index contributed by atoms with van der Waals surface area (Å²) >= 11 is 0. The largest absolute Gasteiger partial charge is 0.506 e. The Hall–Kier alpha value is -3.99. The molecule has 0 radical (unpaired) electrons. The molecule has 0 spiro atoms. The predicted octanol–water partition coefficient (Wildman–Crippen LogP) is 6.68. The molecule has 1 atom stereocenters. The van der Waals surface area contributed by atoms with Crippen molar-refractivity contribution in [2.45, 2.75) is 5.92 Å². The lowest BCUT2D eigenvalue weighted by Crippen LogP contribution is -2.31. The number of benzene rings is 4. The van der Waals surface area contributed by atoms with Crippen LogP contribution in [0.3, 0.4) is 0 Å². The molecule has 4 aromatic rings. The predicted molar refractivity (Wildman–Crippen MR) is 118 cm³/mol. The normalized spacial score (nSPS) is 16.6. The number of anilines is 5. The minimum Gasteiger partial charge on any atom is -0.506 e. The van der Waals surface area contributed by atoms with E-state index in [0.29, 0.717) is 5.69 Å². The zero-order valence-electron chi connectivity index (χ0n) is 16.6. The maximum atomic E-state index is 14.3. The molecule has 4 nitrogen and oxygen atoms in total. The number of ether oxygens (including phenoxy) is 1. The van der Waals surface area contributed by atoms with Crippen LogP contribution >= 0.6 is 0 Å². The van der Waals surface area contributed by atoms with Crippen LogP contribution in [0, 0.1) is 5.82 Å². The molecule has 150 valence electrons. The van der Waals surface area contributed by atoms with Crippen LogP contribution in [0.5, 0.6) is 17.2 Å². The van der Waals surface area contributed by atoms with Crippen LogP contribution in [0.15, 0.2) is 72.8 Å². The van der Waals surface area contributed by atoms with Crippen molar-refractivity contribution >= 4 is 28.4 Å². The van der Waals surface area contributed by atoms with Gasteiger partial charge in [0, 0.05) is 47.1 Å². The lowest BCUT2D eigenvalue weighted by atomic mass is 9.74.